The van der Waals surface area contributed by atoms with Crippen molar-refractivity contribution in [3.63, 3.8) is 0 Å². The summed E-state index contributed by atoms with van der Waals surface area (Å²) >= 11 is 0. The fourth-order valence-electron chi connectivity index (χ4n) is 3.57. The number of nitrogens with zero attached hydrogens (tertiary/aromatic N) is 2. The fourth-order valence-corrected chi connectivity index (χ4v) is 3.57. The third-order valence-corrected chi connectivity index (χ3v) is 5.36. The molecule has 0 atom stereocenters. The lowest BCUT2D eigenvalue weighted by molar-refractivity contribution is -0.136. The molecule has 2 aromatic rings. The van der Waals surface area contributed by atoms with Crippen LogP contribution >= 0.6 is 0 Å². The predicted octanol–water partition coefficient (Wildman–Crippen LogP) is 5.37. The van der Waals surface area contributed by atoms with E-state index in [1.54, 1.807) is 33.9 Å². The standard InChI is InChI=1S/C21H24F2N2O2.C4H10O/c1-13-15(11-19(26)27)20(25-8-6-21(2,3)7-9-25)16(12-24-13)14-4-5-17(22)18(23)10-14;1-4(2,3)5/h4-5,10,12H,6-9,11H2,1-3H3,(H,26,27);5H,1-3H3. The van der Waals surface area contributed by atoms with Gasteiger partial charge in [0.1, 0.15) is 0 Å². The van der Waals surface area contributed by atoms with Crippen LogP contribution in [0.3, 0.4) is 0 Å². The number of aromatic nitrogens is 1. The second kappa shape index (κ2) is 9.94. The van der Waals surface area contributed by atoms with Crippen LogP contribution in [0.1, 0.15) is 58.7 Å². The monoisotopic (exact) mass is 448 g/mol. The molecule has 0 spiro atoms. The van der Waals surface area contributed by atoms with Gasteiger partial charge < -0.3 is 15.1 Å². The summed E-state index contributed by atoms with van der Waals surface area (Å²) in [6, 6.07) is 3.74. The Balaban J connectivity index is 0.000000654. The Hall–Kier alpha value is -2.54. The number of halogens is 2. The van der Waals surface area contributed by atoms with E-state index < -0.39 is 23.2 Å². The number of benzene rings is 1. The van der Waals surface area contributed by atoms with Crippen LogP contribution in [0.4, 0.5) is 14.5 Å². The molecule has 1 fully saturated rings. The maximum atomic E-state index is 13.8. The second-order valence-corrected chi connectivity index (χ2v) is 10.1. The SMILES string of the molecule is CC(C)(C)O.Cc1ncc(-c2ccc(F)c(F)c2)c(N2CCC(C)(C)CC2)c1CC(=O)O. The molecule has 5 nitrogen and oxygen atoms in total. The molecule has 1 aliphatic heterocycles. The van der Waals surface area contributed by atoms with E-state index >= 15 is 0 Å². The summed E-state index contributed by atoms with van der Waals surface area (Å²) in [4.78, 5) is 17.9. The van der Waals surface area contributed by atoms with Crippen molar-refractivity contribution in [3.05, 3.63) is 47.3 Å². The van der Waals surface area contributed by atoms with Crippen molar-refractivity contribution >= 4 is 11.7 Å². The minimum Gasteiger partial charge on any atom is -0.481 e. The minimum absolute atomic E-state index is 0.161. The van der Waals surface area contributed by atoms with Crippen LogP contribution in [0.15, 0.2) is 24.4 Å². The van der Waals surface area contributed by atoms with E-state index in [-0.39, 0.29) is 11.8 Å². The van der Waals surface area contributed by atoms with E-state index in [1.807, 2.05) is 0 Å². The third-order valence-electron chi connectivity index (χ3n) is 5.36. The molecule has 32 heavy (non-hydrogen) atoms. The molecular weight excluding hydrogens is 414 g/mol. The van der Waals surface area contributed by atoms with Crippen LogP contribution < -0.4 is 4.90 Å². The normalized spacial score (nSPS) is 15.7. The van der Waals surface area contributed by atoms with Crippen LogP contribution in [-0.2, 0) is 11.2 Å². The average molecular weight is 449 g/mol. The van der Waals surface area contributed by atoms with Crippen molar-refractivity contribution in [1.82, 2.24) is 4.98 Å². The number of hydrogen-bond donors (Lipinski definition) is 2. The zero-order valence-corrected chi connectivity index (χ0v) is 19.8. The van der Waals surface area contributed by atoms with E-state index in [0.717, 1.165) is 43.8 Å². The van der Waals surface area contributed by atoms with Crippen LogP contribution in [0.2, 0.25) is 0 Å². The van der Waals surface area contributed by atoms with Gasteiger partial charge in [0.25, 0.3) is 0 Å². The summed E-state index contributed by atoms with van der Waals surface area (Å²) < 4.78 is 27.2. The van der Waals surface area contributed by atoms with Gasteiger partial charge in [-0.25, -0.2) is 8.78 Å². The number of carboxylic acid groups (broad SMARTS) is 1. The number of aliphatic hydroxyl groups is 1. The Morgan fingerprint density at radius 1 is 1.16 bits per heavy atom. The van der Waals surface area contributed by atoms with Crippen LogP contribution in [0.25, 0.3) is 11.1 Å². The molecular formula is C25H34F2N2O3. The van der Waals surface area contributed by atoms with Crippen LogP contribution in [0, 0.1) is 24.0 Å². The molecule has 0 amide bonds. The Morgan fingerprint density at radius 3 is 2.22 bits per heavy atom. The minimum atomic E-state index is -0.944. The van der Waals surface area contributed by atoms with E-state index in [4.69, 9.17) is 5.11 Å². The summed E-state index contributed by atoms with van der Waals surface area (Å²) in [5.74, 6) is -2.79. The average Bonchev–Trinajstić information content (AvgIpc) is 2.64. The molecule has 3 rings (SSSR count). The second-order valence-electron chi connectivity index (χ2n) is 10.1. The highest BCUT2D eigenvalue weighted by molar-refractivity contribution is 5.84. The molecule has 7 heteroatoms. The molecule has 0 unspecified atom stereocenters. The van der Waals surface area contributed by atoms with Crippen molar-refractivity contribution in [2.24, 2.45) is 5.41 Å². The predicted molar refractivity (Wildman–Crippen MR) is 123 cm³/mol. The quantitative estimate of drug-likeness (QED) is 0.658. The number of rotatable bonds is 4. The van der Waals surface area contributed by atoms with E-state index in [0.29, 0.717) is 22.4 Å². The van der Waals surface area contributed by atoms with Crippen molar-refractivity contribution in [3.8, 4) is 11.1 Å². The largest absolute Gasteiger partial charge is 0.481 e. The first-order chi connectivity index (χ1) is 14.7. The smallest absolute Gasteiger partial charge is 0.307 e. The summed E-state index contributed by atoms with van der Waals surface area (Å²) in [5.41, 5.74) is 2.90. The molecule has 2 heterocycles. The zero-order valence-electron chi connectivity index (χ0n) is 19.8. The molecule has 2 N–H and O–H groups in total. The van der Waals surface area contributed by atoms with Gasteiger partial charge in [0.2, 0.25) is 0 Å². The zero-order chi connectivity index (χ0) is 24.3. The summed E-state index contributed by atoms with van der Waals surface area (Å²) in [6.45, 7) is 13.0. The number of carbonyl (C=O) groups is 1. The van der Waals surface area contributed by atoms with Gasteiger partial charge in [-0.05, 0) is 63.6 Å². The number of anilines is 1. The van der Waals surface area contributed by atoms with Crippen LogP contribution in [-0.4, -0.2) is 39.9 Å². The van der Waals surface area contributed by atoms with Crippen molar-refractivity contribution in [2.45, 2.75) is 66.4 Å². The maximum absolute atomic E-state index is 13.8. The first kappa shape index (κ1) is 25.7. The first-order valence-corrected chi connectivity index (χ1v) is 10.8. The Labute approximate surface area is 189 Å². The lowest BCUT2D eigenvalue weighted by Gasteiger charge is -2.40. The van der Waals surface area contributed by atoms with Crippen LogP contribution in [0.5, 0.6) is 0 Å². The summed E-state index contributed by atoms with van der Waals surface area (Å²) in [6.07, 6.45) is 3.41. The van der Waals surface area contributed by atoms with E-state index in [9.17, 15) is 18.7 Å². The fraction of sp³-hybridized carbons (Fsp3) is 0.520. The van der Waals surface area contributed by atoms with Crippen molar-refractivity contribution < 1.29 is 23.8 Å². The van der Waals surface area contributed by atoms with Gasteiger partial charge >= 0.3 is 5.97 Å². The molecule has 1 aliphatic rings. The number of carboxylic acids is 1. The van der Waals surface area contributed by atoms with Gasteiger partial charge in [-0.1, -0.05) is 19.9 Å². The van der Waals surface area contributed by atoms with Gasteiger partial charge in [-0.2, -0.15) is 0 Å². The molecule has 1 aromatic carbocycles. The topological polar surface area (TPSA) is 73.7 Å². The Bertz CT molecular complexity index is 952. The summed E-state index contributed by atoms with van der Waals surface area (Å²) in [5, 5.41) is 17.9. The Morgan fingerprint density at radius 2 is 1.72 bits per heavy atom. The number of aliphatic carboxylic acids is 1. The van der Waals surface area contributed by atoms with Gasteiger partial charge in [0.05, 0.1) is 17.7 Å². The first-order valence-electron chi connectivity index (χ1n) is 10.8. The van der Waals surface area contributed by atoms with Crippen molar-refractivity contribution in [2.75, 3.05) is 18.0 Å². The highest BCUT2D eigenvalue weighted by Gasteiger charge is 2.29. The molecule has 0 saturated carbocycles. The number of pyridine rings is 1. The molecule has 0 bridgehead atoms. The third kappa shape index (κ3) is 7.26. The molecule has 0 aliphatic carbocycles. The van der Waals surface area contributed by atoms with Gasteiger partial charge in [0, 0.05) is 36.1 Å². The van der Waals surface area contributed by atoms with Gasteiger partial charge in [-0.15, -0.1) is 0 Å². The van der Waals surface area contributed by atoms with Gasteiger partial charge in [0.15, 0.2) is 11.6 Å². The maximum Gasteiger partial charge on any atom is 0.307 e. The van der Waals surface area contributed by atoms with Gasteiger partial charge in [-0.3, -0.25) is 9.78 Å². The van der Waals surface area contributed by atoms with Crippen molar-refractivity contribution in [1.29, 1.82) is 0 Å². The molecule has 1 saturated heterocycles. The highest BCUT2D eigenvalue weighted by Crippen LogP contribution is 2.40. The van der Waals surface area contributed by atoms with E-state index in [1.165, 1.54) is 6.07 Å². The molecule has 0 radical (unpaired) electrons. The number of hydrogen-bond acceptors (Lipinski definition) is 4. The highest BCUT2D eigenvalue weighted by atomic mass is 19.2. The lowest BCUT2D eigenvalue weighted by atomic mass is 9.82. The Kier molecular flexibility index (Phi) is 7.99. The number of piperidine rings is 1. The van der Waals surface area contributed by atoms with E-state index in [2.05, 4.69) is 23.7 Å². The number of aryl methyl sites for hydroxylation is 1. The molecule has 1 aromatic heterocycles. The molecule has 176 valence electrons. The summed E-state index contributed by atoms with van der Waals surface area (Å²) in [7, 11) is 0. The lowest BCUT2D eigenvalue weighted by Crippen LogP contribution is -2.38.